The van der Waals surface area contributed by atoms with E-state index in [0.29, 0.717) is 28.6 Å². The Balaban J connectivity index is 0.000000604. The molecule has 11 nitrogen and oxygen atoms in total. The van der Waals surface area contributed by atoms with Gasteiger partial charge in [0.1, 0.15) is 4.88 Å². The van der Waals surface area contributed by atoms with E-state index in [2.05, 4.69) is 32.9 Å². The Hall–Kier alpha value is -3.61. The van der Waals surface area contributed by atoms with Gasteiger partial charge in [0, 0.05) is 25.9 Å². The van der Waals surface area contributed by atoms with Crippen molar-refractivity contribution in [3.8, 4) is 11.8 Å². The standard InChI is InChI=1S/C20H26N6O3S.C2HF3O2/c1-29-9-8-26-13-14(11-23-26)5-6-16-10-17(25-20(21)28)18(30-16)19(27)24-15-4-2-3-7-22-12-15;3-2(4,5)1(6)7/h10-11,13,15,22H,2-4,7-9,12H2,1H3,(H,24,27)(H3,21,25,28);(H,6,7)/t15-;/m0./s1. The highest BCUT2D eigenvalue weighted by Gasteiger charge is 2.38. The molecule has 1 fully saturated rings. The van der Waals surface area contributed by atoms with E-state index in [1.165, 1.54) is 11.3 Å². The van der Waals surface area contributed by atoms with Gasteiger partial charge in [-0.3, -0.25) is 9.48 Å². The summed E-state index contributed by atoms with van der Waals surface area (Å²) >= 11 is 1.22. The van der Waals surface area contributed by atoms with Gasteiger partial charge < -0.3 is 31.5 Å². The average Bonchev–Trinajstić information content (AvgIpc) is 3.35. The molecule has 6 N–H and O–H groups in total. The molecule has 3 amide bonds. The SMILES string of the molecule is COCCn1cc(C#Cc2cc(NC(N)=O)c(C(=O)N[C@H]3CCCCNC3)s2)cn1.O=C(O)C(F)(F)F. The van der Waals surface area contributed by atoms with Crippen LogP contribution in [0.1, 0.15) is 39.4 Å². The van der Waals surface area contributed by atoms with Crippen LogP contribution in [-0.2, 0) is 16.1 Å². The summed E-state index contributed by atoms with van der Waals surface area (Å²) in [6.07, 6.45) is 1.49. The minimum atomic E-state index is -5.08. The molecule has 3 rings (SSSR count). The van der Waals surface area contributed by atoms with Gasteiger partial charge in [0.2, 0.25) is 0 Å². The smallest absolute Gasteiger partial charge is 0.475 e. The van der Waals surface area contributed by atoms with E-state index in [0.717, 1.165) is 37.9 Å². The molecular formula is C22H27F3N6O5S. The van der Waals surface area contributed by atoms with Gasteiger partial charge in [0.15, 0.2) is 0 Å². The summed E-state index contributed by atoms with van der Waals surface area (Å²) in [5.74, 6) is 3.07. The maximum Gasteiger partial charge on any atom is 0.490 e. The van der Waals surface area contributed by atoms with Gasteiger partial charge in [-0.2, -0.15) is 18.3 Å². The fourth-order valence-corrected chi connectivity index (χ4v) is 3.98. The average molecular weight is 545 g/mol. The normalized spacial score (nSPS) is 15.3. The van der Waals surface area contributed by atoms with Crippen molar-refractivity contribution >= 4 is 34.9 Å². The molecule has 0 bridgehead atoms. The van der Waals surface area contributed by atoms with Crippen molar-refractivity contribution in [2.24, 2.45) is 5.73 Å². The second-order valence-corrected chi connectivity index (χ2v) is 8.80. The predicted octanol–water partition coefficient (Wildman–Crippen LogP) is 1.99. The number of amides is 3. The molecule has 0 aromatic carbocycles. The quantitative estimate of drug-likeness (QED) is 0.348. The Morgan fingerprint density at radius 2 is 2.08 bits per heavy atom. The maximum absolute atomic E-state index is 12.8. The second-order valence-electron chi connectivity index (χ2n) is 7.75. The highest BCUT2D eigenvalue weighted by atomic mass is 32.1. The molecule has 0 radical (unpaired) electrons. The molecule has 1 saturated heterocycles. The lowest BCUT2D eigenvalue weighted by Crippen LogP contribution is -2.40. The number of halogens is 3. The summed E-state index contributed by atoms with van der Waals surface area (Å²) in [4.78, 5) is 34.1. The van der Waals surface area contributed by atoms with Crippen LogP contribution in [0.2, 0.25) is 0 Å². The Bertz CT molecular complexity index is 1130. The van der Waals surface area contributed by atoms with Crippen molar-refractivity contribution in [1.82, 2.24) is 20.4 Å². The van der Waals surface area contributed by atoms with Gasteiger partial charge in [-0.1, -0.05) is 18.3 Å². The Kier molecular flexibility index (Phi) is 11.4. The minimum absolute atomic E-state index is 0.0519. The van der Waals surface area contributed by atoms with Gasteiger partial charge in [-0.25, -0.2) is 9.59 Å². The minimum Gasteiger partial charge on any atom is -0.475 e. The molecule has 0 aliphatic carbocycles. The molecule has 2 aromatic heterocycles. The zero-order valence-corrected chi connectivity index (χ0v) is 20.7. The zero-order valence-electron chi connectivity index (χ0n) is 19.9. The number of anilines is 1. The fourth-order valence-electron chi connectivity index (χ4n) is 3.11. The fraction of sp³-hybridized carbons (Fsp3) is 0.455. The molecule has 1 aliphatic rings. The van der Waals surface area contributed by atoms with Crippen molar-refractivity contribution in [2.75, 3.05) is 32.1 Å². The number of alkyl halides is 3. The Morgan fingerprint density at radius 3 is 2.73 bits per heavy atom. The number of aromatic nitrogens is 2. The lowest BCUT2D eigenvalue weighted by Gasteiger charge is -2.16. The van der Waals surface area contributed by atoms with Gasteiger partial charge >= 0.3 is 18.2 Å². The molecule has 202 valence electrons. The molecule has 0 spiro atoms. The third-order valence-electron chi connectivity index (χ3n) is 4.81. The second kappa shape index (κ2) is 14.2. The summed E-state index contributed by atoms with van der Waals surface area (Å²) in [6, 6.07) is 0.991. The molecule has 37 heavy (non-hydrogen) atoms. The summed E-state index contributed by atoms with van der Waals surface area (Å²) < 4.78 is 38.5. The molecule has 3 heterocycles. The number of carboxylic acids is 1. The van der Waals surface area contributed by atoms with Gasteiger partial charge in [-0.15, -0.1) is 11.3 Å². The van der Waals surface area contributed by atoms with E-state index in [4.69, 9.17) is 20.4 Å². The number of ether oxygens (including phenoxy) is 1. The first kappa shape index (κ1) is 29.6. The molecule has 0 saturated carbocycles. The van der Waals surface area contributed by atoms with E-state index in [-0.39, 0.29) is 11.9 Å². The zero-order chi connectivity index (χ0) is 27.4. The van der Waals surface area contributed by atoms with Gasteiger partial charge in [0.05, 0.1) is 35.5 Å². The van der Waals surface area contributed by atoms with Gasteiger partial charge in [-0.05, 0) is 25.5 Å². The van der Waals surface area contributed by atoms with Crippen LogP contribution in [0.3, 0.4) is 0 Å². The number of primary amides is 1. The summed E-state index contributed by atoms with van der Waals surface area (Å²) in [5.41, 5.74) is 6.39. The molecule has 1 atom stereocenters. The van der Waals surface area contributed by atoms with Crippen LogP contribution in [0.25, 0.3) is 0 Å². The first-order valence-corrected chi connectivity index (χ1v) is 11.9. The van der Waals surface area contributed by atoms with Crippen molar-refractivity contribution in [3.63, 3.8) is 0 Å². The first-order valence-electron chi connectivity index (χ1n) is 11.0. The topological polar surface area (TPSA) is 161 Å². The number of nitrogens with two attached hydrogens (primary N) is 1. The number of hydrogen-bond acceptors (Lipinski definition) is 7. The van der Waals surface area contributed by atoms with Crippen molar-refractivity contribution < 1.29 is 37.4 Å². The van der Waals surface area contributed by atoms with Crippen LogP contribution >= 0.6 is 11.3 Å². The number of urea groups is 1. The third kappa shape index (κ3) is 10.5. The van der Waals surface area contributed by atoms with Crippen molar-refractivity contribution in [3.05, 3.63) is 33.8 Å². The number of methoxy groups -OCH3 is 1. The largest absolute Gasteiger partial charge is 0.490 e. The number of carbonyl (C=O) groups excluding carboxylic acids is 2. The van der Waals surface area contributed by atoms with E-state index < -0.39 is 18.2 Å². The number of rotatable bonds is 6. The monoisotopic (exact) mass is 544 g/mol. The van der Waals surface area contributed by atoms with E-state index in [1.807, 2.05) is 6.20 Å². The highest BCUT2D eigenvalue weighted by molar-refractivity contribution is 7.15. The van der Waals surface area contributed by atoms with Crippen LogP contribution in [0.5, 0.6) is 0 Å². The molecule has 2 aromatic rings. The number of thiophene rings is 1. The first-order chi connectivity index (χ1) is 17.5. The summed E-state index contributed by atoms with van der Waals surface area (Å²) in [7, 11) is 1.64. The van der Waals surface area contributed by atoms with Crippen molar-refractivity contribution in [2.45, 2.75) is 38.0 Å². The number of hydrogen-bond donors (Lipinski definition) is 5. The van der Waals surface area contributed by atoms with Crippen LogP contribution in [0.4, 0.5) is 23.7 Å². The van der Waals surface area contributed by atoms with Gasteiger partial charge in [0.25, 0.3) is 5.91 Å². The van der Waals surface area contributed by atoms with Crippen LogP contribution in [0.15, 0.2) is 18.5 Å². The van der Waals surface area contributed by atoms with E-state index >= 15 is 0 Å². The maximum atomic E-state index is 12.8. The number of nitrogens with zero attached hydrogens (tertiary/aromatic N) is 2. The number of carbonyl (C=O) groups is 3. The summed E-state index contributed by atoms with van der Waals surface area (Å²) in [5, 5.41) is 20.2. The number of carboxylic acid groups (broad SMARTS) is 1. The number of nitrogens with one attached hydrogen (secondary N) is 3. The van der Waals surface area contributed by atoms with Crippen LogP contribution in [0, 0.1) is 11.8 Å². The van der Waals surface area contributed by atoms with Crippen molar-refractivity contribution in [1.29, 1.82) is 0 Å². The molecule has 1 aliphatic heterocycles. The molecule has 15 heteroatoms. The van der Waals surface area contributed by atoms with Crippen LogP contribution in [-0.4, -0.2) is 71.8 Å². The van der Waals surface area contributed by atoms with Crippen LogP contribution < -0.4 is 21.7 Å². The Morgan fingerprint density at radius 1 is 1.35 bits per heavy atom. The highest BCUT2D eigenvalue weighted by Crippen LogP contribution is 2.27. The van der Waals surface area contributed by atoms with E-state index in [1.54, 1.807) is 24.1 Å². The molecular weight excluding hydrogens is 517 g/mol. The summed E-state index contributed by atoms with van der Waals surface area (Å²) in [6.45, 7) is 2.90. The lowest BCUT2D eigenvalue weighted by molar-refractivity contribution is -0.192. The Labute approximate surface area is 214 Å². The lowest BCUT2D eigenvalue weighted by atomic mass is 10.1. The molecule has 0 unspecified atom stereocenters. The van der Waals surface area contributed by atoms with E-state index in [9.17, 15) is 22.8 Å². The number of aliphatic carboxylic acids is 1. The predicted molar refractivity (Wildman–Crippen MR) is 129 cm³/mol. The third-order valence-corrected chi connectivity index (χ3v) is 5.86.